The molecule has 0 unspecified atom stereocenters. The Morgan fingerprint density at radius 1 is 0.806 bits per heavy atom. The zero-order chi connectivity index (χ0) is 23.6. The van der Waals surface area contributed by atoms with Gasteiger partial charge in [0.15, 0.2) is 0 Å². The Labute approximate surface area is 177 Å². The number of carboxylic acids is 3. The van der Waals surface area contributed by atoms with E-state index in [0.29, 0.717) is 5.56 Å². The van der Waals surface area contributed by atoms with E-state index in [-0.39, 0.29) is 18.6 Å². The molecule has 0 heterocycles. The van der Waals surface area contributed by atoms with Crippen LogP contribution in [0.2, 0.25) is 0 Å². The molecule has 0 saturated carbocycles. The topological polar surface area (TPSA) is 216 Å². The van der Waals surface area contributed by atoms with Crippen molar-refractivity contribution in [2.24, 2.45) is 5.73 Å². The van der Waals surface area contributed by atoms with Crippen LogP contribution in [0.4, 0.5) is 0 Å². The summed E-state index contributed by atoms with van der Waals surface area (Å²) in [6, 6.07) is 1.90. The number of carbonyl (C=O) groups excluding carboxylic acids is 2. The minimum atomic E-state index is -1.53. The molecular weight excluding hydrogens is 414 g/mol. The molecule has 0 bridgehead atoms. The van der Waals surface area contributed by atoms with Crippen LogP contribution in [0.15, 0.2) is 24.3 Å². The summed E-state index contributed by atoms with van der Waals surface area (Å²) >= 11 is 0. The number of phenols is 1. The number of carboxylic acid groups (broad SMARTS) is 3. The first-order chi connectivity index (χ1) is 14.5. The number of phenolic OH excluding ortho intramolecular Hbond substituents is 1. The number of nitrogens with two attached hydrogens (primary N) is 1. The zero-order valence-corrected chi connectivity index (χ0v) is 16.5. The van der Waals surface area contributed by atoms with Gasteiger partial charge in [0, 0.05) is 12.8 Å². The van der Waals surface area contributed by atoms with E-state index in [9.17, 15) is 29.1 Å². The molecule has 0 aromatic heterocycles. The number of rotatable bonds is 13. The average molecular weight is 439 g/mol. The van der Waals surface area contributed by atoms with Crippen LogP contribution in [0.5, 0.6) is 5.75 Å². The number of amides is 2. The van der Waals surface area contributed by atoms with Crippen LogP contribution in [-0.4, -0.2) is 68.3 Å². The Balaban J connectivity index is 2.82. The van der Waals surface area contributed by atoms with E-state index in [2.05, 4.69) is 10.6 Å². The van der Waals surface area contributed by atoms with Gasteiger partial charge in [0.25, 0.3) is 0 Å². The van der Waals surface area contributed by atoms with E-state index in [1.807, 2.05) is 0 Å². The normalized spacial score (nSPS) is 13.5. The molecule has 31 heavy (non-hydrogen) atoms. The molecule has 12 nitrogen and oxygen atoms in total. The van der Waals surface area contributed by atoms with Crippen LogP contribution in [0.3, 0.4) is 0 Å². The summed E-state index contributed by atoms with van der Waals surface area (Å²) < 4.78 is 0. The van der Waals surface area contributed by atoms with Crippen molar-refractivity contribution in [3.8, 4) is 5.75 Å². The summed E-state index contributed by atoms with van der Waals surface area (Å²) in [4.78, 5) is 57.7. The Morgan fingerprint density at radius 2 is 1.29 bits per heavy atom. The van der Waals surface area contributed by atoms with Crippen molar-refractivity contribution in [2.75, 3.05) is 0 Å². The summed E-state index contributed by atoms with van der Waals surface area (Å²) in [6.45, 7) is 0. The molecule has 12 heteroatoms. The Hall–Kier alpha value is -3.67. The number of hydrogen-bond acceptors (Lipinski definition) is 7. The highest BCUT2D eigenvalue weighted by molar-refractivity contribution is 5.92. The third kappa shape index (κ3) is 9.58. The maximum Gasteiger partial charge on any atom is 0.326 e. The van der Waals surface area contributed by atoms with Gasteiger partial charge >= 0.3 is 17.9 Å². The molecule has 0 radical (unpaired) electrons. The fraction of sp³-hybridized carbons (Fsp3) is 0.421. The molecule has 1 rings (SSSR count). The van der Waals surface area contributed by atoms with Crippen molar-refractivity contribution in [1.82, 2.24) is 10.6 Å². The highest BCUT2D eigenvalue weighted by atomic mass is 16.4. The van der Waals surface area contributed by atoms with E-state index in [1.165, 1.54) is 12.1 Å². The number of hydrogen-bond donors (Lipinski definition) is 7. The second-order valence-corrected chi connectivity index (χ2v) is 6.80. The highest BCUT2D eigenvalue weighted by Crippen LogP contribution is 2.11. The van der Waals surface area contributed by atoms with Crippen LogP contribution in [0, 0.1) is 0 Å². The molecule has 0 aliphatic carbocycles. The third-order valence-corrected chi connectivity index (χ3v) is 4.27. The largest absolute Gasteiger partial charge is 0.508 e. The van der Waals surface area contributed by atoms with E-state index in [1.54, 1.807) is 12.1 Å². The summed E-state index contributed by atoms with van der Waals surface area (Å²) in [5.74, 6) is -5.66. The van der Waals surface area contributed by atoms with Crippen molar-refractivity contribution in [3.63, 3.8) is 0 Å². The maximum atomic E-state index is 12.5. The average Bonchev–Trinajstić information content (AvgIpc) is 2.68. The summed E-state index contributed by atoms with van der Waals surface area (Å²) in [6.07, 6.45) is -1.66. The molecular formula is C19H25N3O9. The van der Waals surface area contributed by atoms with Crippen molar-refractivity contribution in [1.29, 1.82) is 0 Å². The summed E-state index contributed by atoms with van der Waals surface area (Å²) in [5, 5.41) is 40.4. The number of aromatic hydroxyl groups is 1. The molecule has 2 amide bonds. The van der Waals surface area contributed by atoms with E-state index >= 15 is 0 Å². The van der Waals surface area contributed by atoms with Crippen molar-refractivity contribution in [2.45, 2.75) is 50.2 Å². The van der Waals surface area contributed by atoms with E-state index in [4.69, 9.17) is 21.1 Å². The fourth-order valence-electron chi connectivity index (χ4n) is 2.59. The summed E-state index contributed by atoms with van der Waals surface area (Å²) in [7, 11) is 0. The fourth-order valence-corrected chi connectivity index (χ4v) is 2.59. The van der Waals surface area contributed by atoms with Gasteiger partial charge in [-0.3, -0.25) is 19.2 Å². The standard InChI is InChI=1S/C19H25N3O9/c20-12(9-10-1-3-11(23)4-2-10)17(28)21-13(5-7-15(24)25)18(29)22-14(19(30)31)6-8-16(26)27/h1-4,12-14,23H,5-9,20H2,(H,21,28)(H,22,29)(H,24,25)(H,26,27)(H,30,31)/t12-,13-,14-/m0/s1. The Kier molecular flexibility index (Phi) is 9.92. The van der Waals surface area contributed by atoms with Crippen LogP contribution < -0.4 is 16.4 Å². The molecule has 0 aliphatic heterocycles. The zero-order valence-electron chi connectivity index (χ0n) is 16.5. The first kappa shape index (κ1) is 25.4. The van der Waals surface area contributed by atoms with Crippen LogP contribution in [-0.2, 0) is 30.4 Å². The molecule has 0 aliphatic rings. The molecule has 3 atom stereocenters. The smallest absolute Gasteiger partial charge is 0.326 e. The lowest BCUT2D eigenvalue weighted by atomic mass is 10.0. The van der Waals surface area contributed by atoms with Gasteiger partial charge in [0.1, 0.15) is 17.8 Å². The SMILES string of the molecule is N[C@@H](Cc1ccc(O)cc1)C(=O)N[C@@H](CCC(=O)O)C(=O)N[C@@H](CCC(=O)O)C(=O)O. The minimum absolute atomic E-state index is 0.0306. The number of aliphatic carboxylic acids is 3. The predicted molar refractivity (Wildman–Crippen MR) is 105 cm³/mol. The molecule has 1 aromatic carbocycles. The van der Waals surface area contributed by atoms with Crippen LogP contribution in [0.25, 0.3) is 0 Å². The van der Waals surface area contributed by atoms with Crippen molar-refractivity contribution < 1.29 is 44.4 Å². The minimum Gasteiger partial charge on any atom is -0.508 e. The lowest BCUT2D eigenvalue weighted by Gasteiger charge is -2.22. The van der Waals surface area contributed by atoms with Crippen LogP contribution in [0.1, 0.15) is 31.2 Å². The quantitative estimate of drug-likeness (QED) is 0.200. The number of benzene rings is 1. The lowest BCUT2D eigenvalue weighted by molar-refractivity contribution is -0.144. The Morgan fingerprint density at radius 3 is 1.77 bits per heavy atom. The number of nitrogens with one attached hydrogen (secondary N) is 2. The molecule has 0 spiro atoms. The maximum absolute atomic E-state index is 12.5. The first-order valence-corrected chi connectivity index (χ1v) is 9.30. The molecule has 170 valence electrons. The van der Waals surface area contributed by atoms with Crippen LogP contribution >= 0.6 is 0 Å². The van der Waals surface area contributed by atoms with Gasteiger partial charge in [-0.1, -0.05) is 12.1 Å². The Bertz CT molecular complexity index is 810. The van der Waals surface area contributed by atoms with Gasteiger partial charge < -0.3 is 36.8 Å². The lowest BCUT2D eigenvalue weighted by Crippen LogP contribution is -2.54. The molecule has 1 aromatic rings. The molecule has 0 fully saturated rings. The van der Waals surface area contributed by atoms with Gasteiger partial charge in [-0.15, -0.1) is 0 Å². The number of carbonyl (C=O) groups is 5. The first-order valence-electron chi connectivity index (χ1n) is 9.30. The van der Waals surface area contributed by atoms with E-state index < -0.39 is 67.1 Å². The predicted octanol–water partition coefficient (Wildman–Crippen LogP) is -0.954. The van der Waals surface area contributed by atoms with Gasteiger partial charge in [0.2, 0.25) is 11.8 Å². The van der Waals surface area contributed by atoms with Gasteiger partial charge in [-0.05, 0) is 37.0 Å². The second-order valence-electron chi connectivity index (χ2n) is 6.80. The van der Waals surface area contributed by atoms with Gasteiger partial charge in [-0.25, -0.2) is 4.79 Å². The van der Waals surface area contributed by atoms with Crippen molar-refractivity contribution >= 4 is 29.7 Å². The highest BCUT2D eigenvalue weighted by Gasteiger charge is 2.28. The monoisotopic (exact) mass is 439 g/mol. The van der Waals surface area contributed by atoms with Gasteiger partial charge in [0.05, 0.1) is 6.04 Å². The van der Waals surface area contributed by atoms with Crippen molar-refractivity contribution in [3.05, 3.63) is 29.8 Å². The second kappa shape index (κ2) is 12.1. The van der Waals surface area contributed by atoms with Gasteiger partial charge in [-0.2, -0.15) is 0 Å². The van der Waals surface area contributed by atoms with E-state index in [0.717, 1.165) is 0 Å². The molecule has 8 N–H and O–H groups in total. The summed E-state index contributed by atoms with van der Waals surface area (Å²) in [5.41, 5.74) is 6.47. The molecule has 0 saturated heterocycles. The third-order valence-electron chi connectivity index (χ3n) is 4.27.